The SMILES string of the molecule is CC(=O)OC(CCc1ccccc1)[C@@H]1CCCC[C@@H]1OC(C)=O. The lowest BCUT2D eigenvalue weighted by Gasteiger charge is -2.36. The molecular formula is C19H26O4. The van der Waals surface area contributed by atoms with Crippen molar-refractivity contribution in [1.82, 2.24) is 0 Å². The first-order valence-electron chi connectivity index (χ1n) is 8.44. The standard InChI is InChI=1S/C19H26O4/c1-14(20)22-18-11-7-6-10-17(18)19(23-15(2)21)13-12-16-8-4-3-5-9-16/h3-5,8-9,17-19H,6-7,10-13H2,1-2H3/t17-,18+,19?/m1/s1. The third-order valence-corrected chi connectivity index (χ3v) is 4.43. The molecule has 4 nitrogen and oxygen atoms in total. The van der Waals surface area contributed by atoms with Crippen LogP contribution in [0.4, 0.5) is 0 Å². The van der Waals surface area contributed by atoms with E-state index < -0.39 is 0 Å². The van der Waals surface area contributed by atoms with Gasteiger partial charge in [0, 0.05) is 19.8 Å². The van der Waals surface area contributed by atoms with Crippen LogP contribution in [0.15, 0.2) is 30.3 Å². The molecule has 4 heteroatoms. The fraction of sp³-hybridized carbons (Fsp3) is 0.579. The third kappa shape index (κ3) is 5.70. The third-order valence-electron chi connectivity index (χ3n) is 4.43. The van der Waals surface area contributed by atoms with E-state index in [0.29, 0.717) is 0 Å². The highest BCUT2D eigenvalue weighted by molar-refractivity contribution is 5.66. The van der Waals surface area contributed by atoms with Gasteiger partial charge >= 0.3 is 11.9 Å². The van der Waals surface area contributed by atoms with Crippen molar-refractivity contribution in [2.45, 2.75) is 64.6 Å². The van der Waals surface area contributed by atoms with Crippen LogP contribution in [0.5, 0.6) is 0 Å². The topological polar surface area (TPSA) is 52.6 Å². The second kappa shape index (κ2) is 8.70. The van der Waals surface area contributed by atoms with E-state index in [1.807, 2.05) is 18.2 Å². The Morgan fingerprint density at radius 2 is 1.78 bits per heavy atom. The quantitative estimate of drug-likeness (QED) is 0.751. The number of ether oxygens (including phenoxy) is 2. The summed E-state index contributed by atoms with van der Waals surface area (Å²) < 4.78 is 11.1. The van der Waals surface area contributed by atoms with Gasteiger partial charge in [0.15, 0.2) is 0 Å². The number of benzene rings is 1. The lowest BCUT2D eigenvalue weighted by Crippen LogP contribution is -2.39. The van der Waals surface area contributed by atoms with Gasteiger partial charge in [-0.2, -0.15) is 0 Å². The van der Waals surface area contributed by atoms with Crippen LogP contribution in [0.1, 0.15) is 51.5 Å². The summed E-state index contributed by atoms with van der Waals surface area (Å²) in [6, 6.07) is 10.2. The minimum absolute atomic E-state index is 0.0975. The monoisotopic (exact) mass is 318 g/mol. The molecule has 23 heavy (non-hydrogen) atoms. The molecule has 1 saturated carbocycles. The number of esters is 2. The van der Waals surface area contributed by atoms with Crippen LogP contribution >= 0.6 is 0 Å². The highest BCUT2D eigenvalue weighted by Crippen LogP contribution is 2.33. The van der Waals surface area contributed by atoms with E-state index in [-0.39, 0.29) is 30.1 Å². The van der Waals surface area contributed by atoms with Crippen LogP contribution in [0.2, 0.25) is 0 Å². The van der Waals surface area contributed by atoms with E-state index in [1.165, 1.54) is 19.4 Å². The normalized spacial score (nSPS) is 22.2. The summed E-state index contributed by atoms with van der Waals surface area (Å²) in [5.74, 6) is -0.429. The zero-order valence-corrected chi connectivity index (χ0v) is 14.0. The minimum Gasteiger partial charge on any atom is -0.462 e. The molecule has 1 aliphatic rings. The summed E-state index contributed by atoms with van der Waals surface area (Å²) in [7, 11) is 0. The number of rotatable bonds is 6. The molecule has 0 spiro atoms. The van der Waals surface area contributed by atoms with Crippen LogP contribution in [0, 0.1) is 5.92 Å². The summed E-state index contributed by atoms with van der Waals surface area (Å²) in [5, 5.41) is 0. The van der Waals surface area contributed by atoms with Gasteiger partial charge in [-0.25, -0.2) is 0 Å². The summed E-state index contributed by atoms with van der Waals surface area (Å²) in [5.41, 5.74) is 1.23. The maximum atomic E-state index is 11.5. The van der Waals surface area contributed by atoms with Crippen molar-refractivity contribution in [3.05, 3.63) is 35.9 Å². The molecule has 1 unspecified atom stereocenters. The molecule has 2 rings (SSSR count). The molecule has 1 fully saturated rings. The molecule has 1 aromatic carbocycles. The van der Waals surface area contributed by atoms with Gasteiger partial charge in [-0.1, -0.05) is 36.8 Å². The lowest BCUT2D eigenvalue weighted by atomic mass is 9.80. The smallest absolute Gasteiger partial charge is 0.302 e. The average molecular weight is 318 g/mol. The van der Waals surface area contributed by atoms with Gasteiger partial charge in [-0.05, 0) is 37.7 Å². The van der Waals surface area contributed by atoms with Gasteiger partial charge < -0.3 is 9.47 Å². The zero-order chi connectivity index (χ0) is 16.7. The lowest BCUT2D eigenvalue weighted by molar-refractivity contribution is -0.162. The average Bonchev–Trinajstić information content (AvgIpc) is 2.52. The fourth-order valence-corrected chi connectivity index (χ4v) is 3.44. The van der Waals surface area contributed by atoms with E-state index >= 15 is 0 Å². The molecule has 0 heterocycles. The van der Waals surface area contributed by atoms with Crippen molar-refractivity contribution in [3.63, 3.8) is 0 Å². The Morgan fingerprint density at radius 3 is 2.43 bits per heavy atom. The number of carbonyl (C=O) groups is 2. The number of hydrogen-bond acceptors (Lipinski definition) is 4. The van der Waals surface area contributed by atoms with Crippen molar-refractivity contribution >= 4 is 11.9 Å². The van der Waals surface area contributed by atoms with Gasteiger partial charge in [0.1, 0.15) is 12.2 Å². The van der Waals surface area contributed by atoms with Crippen molar-refractivity contribution < 1.29 is 19.1 Å². The second-order valence-electron chi connectivity index (χ2n) is 6.27. The van der Waals surface area contributed by atoms with Crippen LogP contribution in [0.25, 0.3) is 0 Å². The van der Waals surface area contributed by atoms with Crippen LogP contribution < -0.4 is 0 Å². The molecule has 126 valence electrons. The van der Waals surface area contributed by atoms with Crippen molar-refractivity contribution in [3.8, 4) is 0 Å². The Hall–Kier alpha value is -1.84. The summed E-state index contributed by atoms with van der Waals surface area (Å²) in [4.78, 5) is 22.9. The van der Waals surface area contributed by atoms with Crippen LogP contribution in [0.3, 0.4) is 0 Å². The van der Waals surface area contributed by atoms with E-state index in [2.05, 4.69) is 12.1 Å². The first-order valence-corrected chi connectivity index (χ1v) is 8.44. The molecule has 0 radical (unpaired) electrons. The molecule has 1 aliphatic carbocycles. The van der Waals surface area contributed by atoms with Crippen molar-refractivity contribution in [2.24, 2.45) is 5.92 Å². The van der Waals surface area contributed by atoms with Gasteiger partial charge in [0.05, 0.1) is 0 Å². The Labute approximate surface area is 138 Å². The molecule has 0 N–H and O–H groups in total. The first kappa shape index (κ1) is 17.5. The van der Waals surface area contributed by atoms with Crippen LogP contribution in [-0.2, 0) is 25.5 Å². The summed E-state index contributed by atoms with van der Waals surface area (Å²) >= 11 is 0. The van der Waals surface area contributed by atoms with E-state index in [9.17, 15) is 9.59 Å². The maximum Gasteiger partial charge on any atom is 0.302 e. The van der Waals surface area contributed by atoms with E-state index in [1.54, 1.807) is 0 Å². The number of hydrogen-bond donors (Lipinski definition) is 0. The molecule has 0 bridgehead atoms. The van der Waals surface area contributed by atoms with Crippen molar-refractivity contribution in [1.29, 1.82) is 0 Å². The molecule has 0 aliphatic heterocycles. The highest BCUT2D eigenvalue weighted by atomic mass is 16.6. The molecule has 0 amide bonds. The molecular weight excluding hydrogens is 292 g/mol. The van der Waals surface area contributed by atoms with E-state index in [4.69, 9.17) is 9.47 Å². The molecule has 3 atom stereocenters. The fourth-order valence-electron chi connectivity index (χ4n) is 3.44. The Morgan fingerprint density at radius 1 is 1.09 bits per heavy atom. The predicted octanol–water partition coefficient (Wildman–Crippen LogP) is 3.67. The Kier molecular flexibility index (Phi) is 6.63. The molecule has 1 aromatic rings. The summed E-state index contributed by atoms with van der Waals surface area (Å²) in [6.07, 6.45) is 5.20. The predicted molar refractivity (Wildman–Crippen MR) is 87.8 cm³/mol. The highest BCUT2D eigenvalue weighted by Gasteiger charge is 2.35. The van der Waals surface area contributed by atoms with Crippen LogP contribution in [-0.4, -0.2) is 24.1 Å². The minimum atomic E-state index is -0.268. The van der Waals surface area contributed by atoms with Gasteiger partial charge in [0.2, 0.25) is 0 Å². The van der Waals surface area contributed by atoms with E-state index in [0.717, 1.165) is 38.5 Å². The van der Waals surface area contributed by atoms with Gasteiger partial charge in [-0.15, -0.1) is 0 Å². The van der Waals surface area contributed by atoms with Gasteiger partial charge in [0.25, 0.3) is 0 Å². The largest absolute Gasteiger partial charge is 0.462 e. The Balaban J connectivity index is 2.05. The summed E-state index contributed by atoms with van der Waals surface area (Å²) in [6.45, 7) is 2.88. The maximum absolute atomic E-state index is 11.5. The Bertz CT molecular complexity index is 511. The zero-order valence-electron chi connectivity index (χ0n) is 14.0. The molecule has 0 saturated heterocycles. The van der Waals surface area contributed by atoms with Crippen molar-refractivity contribution in [2.75, 3.05) is 0 Å². The second-order valence-corrected chi connectivity index (χ2v) is 6.27. The molecule has 0 aromatic heterocycles. The number of aryl methyl sites for hydroxylation is 1. The van der Waals surface area contributed by atoms with Gasteiger partial charge in [-0.3, -0.25) is 9.59 Å². The number of carbonyl (C=O) groups excluding carboxylic acids is 2. The first-order chi connectivity index (χ1) is 11.1.